The number of halogens is 1. The Morgan fingerprint density at radius 2 is 2.03 bits per heavy atom. The van der Waals surface area contributed by atoms with Crippen LogP contribution in [0.3, 0.4) is 0 Å². The molecule has 1 amide bonds. The van der Waals surface area contributed by atoms with Crippen LogP contribution in [0.5, 0.6) is 5.75 Å². The monoisotopic (exact) mass is 452 g/mol. The summed E-state index contributed by atoms with van der Waals surface area (Å²) in [6.07, 6.45) is -0.520. The molecule has 3 N–H and O–H groups in total. The number of carbonyl (C=O) groups excluding carboxylic acids is 1. The Morgan fingerprint density at radius 1 is 1.19 bits per heavy atom. The van der Waals surface area contributed by atoms with Gasteiger partial charge in [-0.1, -0.05) is 29.8 Å². The number of rotatable bonds is 4. The van der Waals surface area contributed by atoms with Crippen LogP contribution in [0.2, 0.25) is 5.02 Å². The maximum absolute atomic E-state index is 12.8. The van der Waals surface area contributed by atoms with E-state index >= 15 is 0 Å². The molecule has 1 atom stereocenters. The lowest BCUT2D eigenvalue weighted by Crippen LogP contribution is -2.34. The fourth-order valence-corrected chi connectivity index (χ4v) is 4.65. The molecule has 31 heavy (non-hydrogen) atoms. The smallest absolute Gasteiger partial charge is 0.265 e. The number of carbonyl (C=O) groups is 1. The quantitative estimate of drug-likeness (QED) is 0.419. The van der Waals surface area contributed by atoms with Crippen molar-refractivity contribution >= 4 is 50.4 Å². The van der Waals surface area contributed by atoms with E-state index < -0.39 is 6.10 Å². The molecule has 7 nitrogen and oxygen atoms in total. The molecule has 156 valence electrons. The average molecular weight is 453 g/mol. The molecular formula is C22H17ClN4O3S. The van der Waals surface area contributed by atoms with Crippen LogP contribution >= 0.6 is 22.9 Å². The molecule has 0 saturated heterocycles. The maximum atomic E-state index is 12.8. The Balaban J connectivity index is 1.40. The van der Waals surface area contributed by atoms with Gasteiger partial charge >= 0.3 is 0 Å². The van der Waals surface area contributed by atoms with Gasteiger partial charge in [-0.25, -0.2) is 4.98 Å². The third-order valence-electron chi connectivity index (χ3n) is 5.03. The summed E-state index contributed by atoms with van der Waals surface area (Å²) in [4.78, 5) is 32.7. The molecule has 1 aliphatic heterocycles. The molecule has 2 aromatic carbocycles. The van der Waals surface area contributed by atoms with Crippen LogP contribution < -0.4 is 20.9 Å². The summed E-state index contributed by atoms with van der Waals surface area (Å²) in [5.74, 6) is 0.945. The van der Waals surface area contributed by atoms with Gasteiger partial charge in [0.25, 0.3) is 11.5 Å². The summed E-state index contributed by atoms with van der Waals surface area (Å²) in [6, 6.07) is 12.9. The highest BCUT2D eigenvalue weighted by molar-refractivity contribution is 7.17. The van der Waals surface area contributed by atoms with E-state index in [1.807, 2.05) is 29.6 Å². The van der Waals surface area contributed by atoms with Gasteiger partial charge in [-0.15, -0.1) is 11.3 Å². The Hall–Kier alpha value is -3.36. The highest BCUT2D eigenvalue weighted by Crippen LogP contribution is 2.35. The first-order valence-corrected chi connectivity index (χ1v) is 10.9. The van der Waals surface area contributed by atoms with Crippen LogP contribution in [0, 0.1) is 0 Å². The summed E-state index contributed by atoms with van der Waals surface area (Å²) in [7, 11) is 0. The molecule has 5 rings (SSSR count). The van der Waals surface area contributed by atoms with Gasteiger partial charge in [-0.2, -0.15) is 0 Å². The summed E-state index contributed by atoms with van der Waals surface area (Å²) in [6.45, 7) is 2.01. The van der Waals surface area contributed by atoms with Crippen LogP contribution in [0.15, 0.2) is 52.6 Å². The molecule has 0 spiro atoms. The Labute approximate surface area is 186 Å². The molecule has 0 fully saturated rings. The van der Waals surface area contributed by atoms with Crippen molar-refractivity contribution in [1.29, 1.82) is 0 Å². The molecule has 0 saturated carbocycles. The average Bonchev–Trinajstić information content (AvgIpc) is 3.18. The topological polar surface area (TPSA) is 96.1 Å². The van der Waals surface area contributed by atoms with E-state index in [2.05, 4.69) is 20.6 Å². The number of amides is 1. The van der Waals surface area contributed by atoms with Crippen molar-refractivity contribution in [2.45, 2.75) is 19.6 Å². The number of hydrogen-bond acceptors (Lipinski definition) is 6. The molecule has 2 aromatic heterocycles. The Kier molecular flexibility index (Phi) is 4.88. The van der Waals surface area contributed by atoms with E-state index in [0.717, 1.165) is 16.8 Å². The van der Waals surface area contributed by atoms with Crippen molar-refractivity contribution in [1.82, 2.24) is 9.97 Å². The third kappa shape index (κ3) is 3.64. The molecular weight excluding hydrogens is 436 g/mol. The van der Waals surface area contributed by atoms with Gasteiger partial charge in [0.05, 0.1) is 17.6 Å². The number of H-pyrrole nitrogens is 1. The van der Waals surface area contributed by atoms with Crippen LogP contribution in [0.4, 0.5) is 11.4 Å². The van der Waals surface area contributed by atoms with Gasteiger partial charge in [0, 0.05) is 27.2 Å². The van der Waals surface area contributed by atoms with Crippen LogP contribution in [-0.4, -0.2) is 22.0 Å². The number of hydrogen-bond donors (Lipinski definition) is 3. The van der Waals surface area contributed by atoms with Gasteiger partial charge in [0.1, 0.15) is 16.4 Å². The Bertz CT molecular complexity index is 1380. The highest BCUT2D eigenvalue weighted by Gasteiger charge is 2.23. The van der Waals surface area contributed by atoms with Crippen molar-refractivity contribution in [3.8, 4) is 16.9 Å². The van der Waals surface area contributed by atoms with Gasteiger partial charge < -0.3 is 20.4 Å². The molecule has 1 aliphatic rings. The summed E-state index contributed by atoms with van der Waals surface area (Å²) >= 11 is 7.72. The fourth-order valence-electron chi connectivity index (χ4n) is 3.46. The second-order valence-electron chi connectivity index (χ2n) is 7.14. The number of benzene rings is 2. The lowest BCUT2D eigenvalue weighted by atomic mass is 10.1. The number of ether oxygens (including phenoxy) is 1. The molecule has 0 radical (unpaired) electrons. The molecule has 0 aliphatic carbocycles. The standard InChI is InChI=1S/C22H17ClN4O3S/c1-11-20(28)25-16-8-12(6-7-17(16)30-11)24-9-18-26-21(29)19-14(10-31-22(19)27-18)13-4-2-3-5-15(13)23/h2-8,10-11,24H,9H2,1H3,(H,25,28)(H,26,27,29)/t11-/m1/s1. The Morgan fingerprint density at radius 3 is 2.87 bits per heavy atom. The van der Waals surface area contributed by atoms with Crippen molar-refractivity contribution in [3.05, 3.63) is 69.0 Å². The van der Waals surface area contributed by atoms with Crippen molar-refractivity contribution < 1.29 is 9.53 Å². The van der Waals surface area contributed by atoms with Crippen LogP contribution in [0.1, 0.15) is 12.7 Å². The second kappa shape index (κ2) is 7.72. The summed E-state index contributed by atoms with van der Waals surface area (Å²) in [5.41, 5.74) is 2.74. The molecule has 4 aromatic rings. The van der Waals surface area contributed by atoms with Gasteiger partial charge in [-0.05, 0) is 31.2 Å². The summed E-state index contributed by atoms with van der Waals surface area (Å²) < 4.78 is 5.57. The second-order valence-corrected chi connectivity index (χ2v) is 8.40. The van der Waals surface area contributed by atoms with E-state index in [9.17, 15) is 9.59 Å². The molecule has 0 unspecified atom stereocenters. The van der Waals surface area contributed by atoms with Gasteiger partial charge in [0.2, 0.25) is 0 Å². The zero-order valence-electron chi connectivity index (χ0n) is 16.4. The number of fused-ring (bicyclic) bond motifs is 2. The number of thiophene rings is 1. The SMILES string of the molecule is C[C@H]1Oc2ccc(NCc3nc4scc(-c5ccccc5Cl)c4c(=O)[nH]3)cc2NC1=O. The number of nitrogens with zero attached hydrogens (tertiary/aromatic N) is 1. The van der Waals surface area contributed by atoms with Crippen molar-refractivity contribution in [2.75, 3.05) is 10.6 Å². The first-order valence-electron chi connectivity index (χ1n) is 9.60. The first-order chi connectivity index (χ1) is 15.0. The minimum atomic E-state index is -0.520. The summed E-state index contributed by atoms with van der Waals surface area (Å²) in [5, 5.41) is 9.06. The molecule has 9 heteroatoms. The molecule has 0 bridgehead atoms. The van der Waals surface area contributed by atoms with Crippen molar-refractivity contribution in [3.63, 3.8) is 0 Å². The minimum Gasteiger partial charge on any atom is -0.479 e. The fraction of sp³-hybridized carbons (Fsp3) is 0.136. The number of aromatic amines is 1. The van der Waals surface area contributed by atoms with E-state index in [0.29, 0.717) is 39.0 Å². The molecule has 3 heterocycles. The van der Waals surface area contributed by atoms with E-state index in [-0.39, 0.29) is 11.5 Å². The highest BCUT2D eigenvalue weighted by atomic mass is 35.5. The van der Waals surface area contributed by atoms with Gasteiger partial charge in [0.15, 0.2) is 6.10 Å². The predicted molar refractivity (Wildman–Crippen MR) is 123 cm³/mol. The van der Waals surface area contributed by atoms with Crippen LogP contribution in [-0.2, 0) is 11.3 Å². The minimum absolute atomic E-state index is 0.187. The largest absolute Gasteiger partial charge is 0.479 e. The normalized spacial score (nSPS) is 15.3. The number of nitrogens with one attached hydrogen (secondary N) is 3. The van der Waals surface area contributed by atoms with Crippen molar-refractivity contribution in [2.24, 2.45) is 0 Å². The lowest BCUT2D eigenvalue weighted by molar-refractivity contribution is -0.122. The first kappa shape index (κ1) is 19.6. The van der Waals surface area contributed by atoms with E-state index in [1.54, 1.807) is 25.1 Å². The van der Waals surface area contributed by atoms with Gasteiger partial charge in [-0.3, -0.25) is 9.59 Å². The zero-order chi connectivity index (χ0) is 21.5. The lowest BCUT2D eigenvalue weighted by Gasteiger charge is -2.23. The van der Waals surface area contributed by atoms with E-state index in [1.165, 1.54) is 11.3 Å². The van der Waals surface area contributed by atoms with Crippen LogP contribution in [0.25, 0.3) is 21.3 Å². The third-order valence-corrected chi connectivity index (χ3v) is 6.23. The predicted octanol–water partition coefficient (Wildman–Crippen LogP) is 4.64. The number of anilines is 2. The van der Waals surface area contributed by atoms with E-state index in [4.69, 9.17) is 16.3 Å². The maximum Gasteiger partial charge on any atom is 0.265 e. The number of aromatic nitrogens is 2. The zero-order valence-corrected chi connectivity index (χ0v) is 17.9.